The van der Waals surface area contributed by atoms with Crippen molar-refractivity contribution in [1.82, 2.24) is 4.98 Å². The molecule has 0 unspecified atom stereocenters. The lowest BCUT2D eigenvalue weighted by atomic mass is 10.2. The number of hydrogen-bond donors (Lipinski definition) is 1. The van der Waals surface area contributed by atoms with Gasteiger partial charge in [-0.05, 0) is 36.8 Å². The fourth-order valence-corrected chi connectivity index (χ4v) is 1.57. The maximum Gasteiger partial charge on any atom is 0.121 e. The molecule has 17 heavy (non-hydrogen) atoms. The van der Waals surface area contributed by atoms with Crippen LogP contribution in [0, 0.1) is 0 Å². The van der Waals surface area contributed by atoms with E-state index in [2.05, 4.69) is 10.3 Å². The second-order valence-corrected chi connectivity index (χ2v) is 3.67. The van der Waals surface area contributed by atoms with Crippen molar-refractivity contribution < 1.29 is 4.74 Å². The van der Waals surface area contributed by atoms with E-state index in [0.29, 0.717) is 6.61 Å². The summed E-state index contributed by atoms with van der Waals surface area (Å²) in [4.78, 5) is 3.99. The van der Waals surface area contributed by atoms with E-state index in [-0.39, 0.29) is 0 Å². The Hall–Kier alpha value is -2.03. The second-order valence-electron chi connectivity index (χ2n) is 3.67. The number of ether oxygens (including phenoxy) is 1. The molecular formula is C14H16N2O. The second kappa shape index (κ2) is 5.89. The molecule has 1 N–H and O–H groups in total. The minimum Gasteiger partial charge on any atom is -0.494 e. The van der Waals surface area contributed by atoms with Gasteiger partial charge in [0, 0.05) is 30.7 Å². The number of anilines is 1. The van der Waals surface area contributed by atoms with E-state index < -0.39 is 0 Å². The largest absolute Gasteiger partial charge is 0.494 e. The third-order valence-corrected chi connectivity index (χ3v) is 2.39. The summed E-state index contributed by atoms with van der Waals surface area (Å²) in [5.41, 5.74) is 2.27. The van der Waals surface area contributed by atoms with Crippen LogP contribution in [0.3, 0.4) is 0 Å². The van der Waals surface area contributed by atoms with Gasteiger partial charge in [0.15, 0.2) is 0 Å². The molecule has 0 spiro atoms. The Bertz CT molecular complexity index is 457. The van der Waals surface area contributed by atoms with Gasteiger partial charge >= 0.3 is 0 Å². The highest BCUT2D eigenvalue weighted by atomic mass is 16.5. The molecule has 3 heteroatoms. The van der Waals surface area contributed by atoms with Gasteiger partial charge < -0.3 is 10.1 Å². The van der Waals surface area contributed by atoms with E-state index >= 15 is 0 Å². The monoisotopic (exact) mass is 228 g/mol. The van der Waals surface area contributed by atoms with E-state index in [1.165, 1.54) is 5.56 Å². The molecular weight excluding hydrogens is 212 g/mol. The molecule has 0 radical (unpaired) electrons. The van der Waals surface area contributed by atoms with Gasteiger partial charge in [0.25, 0.3) is 0 Å². The van der Waals surface area contributed by atoms with E-state index in [4.69, 9.17) is 4.74 Å². The summed E-state index contributed by atoms with van der Waals surface area (Å²) in [6.45, 7) is 3.46. The summed E-state index contributed by atoms with van der Waals surface area (Å²) in [5, 5.41) is 3.35. The Morgan fingerprint density at radius 1 is 1.18 bits per heavy atom. The van der Waals surface area contributed by atoms with Gasteiger partial charge in [-0.3, -0.25) is 4.98 Å². The van der Waals surface area contributed by atoms with Crippen molar-refractivity contribution in [1.29, 1.82) is 0 Å². The lowest BCUT2D eigenvalue weighted by Gasteiger charge is -2.08. The van der Waals surface area contributed by atoms with Crippen molar-refractivity contribution in [2.24, 2.45) is 0 Å². The normalized spacial score (nSPS) is 9.94. The maximum absolute atomic E-state index is 5.45. The van der Waals surface area contributed by atoms with Gasteiger partial charge in [-0.1, -0.05) is 6.07 Å². The van der Waals surface area contributed by atoms with Gasteiger partial charge in [0.2, 0.25) is 0 Å². The highest BCUT2D eigenvalue weighted by Gasteiger charge is 1.96. The molecule has 0 aliphatic rings. The van der Waals surface area contributed by atoms with Crippen LogP contribution >= 0.6 is 0 Å². The number of pyridine rings is 1. The molecule has 0 atom stereocenters. The first-order valence-corrected chi connectivity index (χ1v) is 5.74. The average Bonchev–Trinajstić information content (AvgIpc) is 2.39. The minimum absolute atomic E-state index is 0.688. The van der Waals surface area contributed by atoms with Crippen LogP contribution in [0.1, 0.15) is 12.5 Å². The number of rotatable bonds is 5. The molecule has 1 aromatic heterocycles. The Balaban J connectivity index is 1.97. The standard InChI is InChI=1S/C14H16N2O/c1-2-17-14-5-3-4-13(10-14)16-11-12-6-8-15-9-7-12/h3-10,16H,2,11H2,1H3. The van der Waals surface area contributed by atoms with Gasteiger partial charge in [0.05, 0.1) is 6.61 Å². The topological polar surface area (TPSA) is 34.1 Å². The molecule has 1 aromatic carbocycles. The molecule has 88 valence electrons. The van der Waals surface area contributed by atoms with Crippen molar-refractivity contribution in [3.8, 4) is 5.75 Å². The molecule has 0 aliphatic carbocycles. The Labute approximate surface area is 101 Å². The number of hydrogen-bond acceptors (Lipinski definition) is 3. The lowest BCUT2D eigenvalue weighted by Crippen LogP contribution is -2.00. The molecule has 0 fully saturated rings. The van der Waals surface area contributed by atoms with Crippen molar-refractivity contribution in [3.05, 3.63) is 54.4 Å². The third-order valence-electron chi connectivity index (χ3n) is 2.39. The van der Waals surface area contributed by atoms with Gasteiger partial charge in [0.1, 0.15) is 5.75 Å². The number of nitrogens with one attached hydrogen (secondary N) is 1. The van der Waals surface area contributed by atoms with E-state index in [1.807, 2.05) is 43.3 Å². The average molecular weight is 228 g/mol. The van der Waals surface area contributed by atoms with E-state index in [9.17, 15) is 0 Å². The fourth-order valence-electron chi connectivity index (χ4n) is 1.57. The highest BCUT2D eigenvalue weighted by Crippen LogP contribution is 2.17. The first-order valence-electron chi connectivity index (χ1n) is 5.74. The molecule has 2 rings (SSSR count). The van der Waals surface area contributed by atoms with Crippen LogP contribution in [0.25, 0.3) is 0 Å². The van der Waals surface area contributed by atoms with E-state index in [1.54, 1.807) is 12.4 Å². The molecule has 1 heterocycles. The summed E-state index contributed by atoms with van der Waals surface area (Å²) in [6.07, 6.45) is 3.60. The predicted molar refractivity (Wildman–Crippen MR) is 69.2 cm³/mol. The summed E-state index contributed by atoms with van der Waals surface area (Å²) < 4.78 is 5.45. The zero-order chi connectivity index (χ0) is 11.9. The quantitative estimate of drug-likeness (QED) is 0.853. The Morgan fingerprint density at radius 2 is 2.00 bits per heavy atom. The van der Waals surface area contributed by atoms with E-state index in [0.717, 1.165) is 18.0 Å². The summed E-state index contributed by atoms with van der Waals surface area (Å²) in [6, 6.07) is 12.0. The van der Waals surface area contributed by atoms with Crippen LogP contribution in [0.2, 0.25) is 0 Å². The molecule has 0 saturated carbocycles. The van der Waals surface area contributed by atoms with Crippen molar-refractivity contribution >= 4 is 5.69 Å². The molecule has 0 aliphatic heterocycles. The summed E-state index contributed by atoms with van der Waals surface area (Å²) in [5.74, 6) is 0.896. The van der Waals surface area contributed by atoms with Gasteiger partial charge in [-0.2, -0.15) is 0 Å². The SMILES string of the molecule is CCOc1cccc(NCc2ccncc2)c1. The summed E-state index contributed by atoms with van der Waals surface area (Å²) in [7, 11) is 0. The first kappa shape index (κ1) is 11.5. The third kappa shape index (κ3) is 3.48. The molecule has 3 nitrogen and oxygen atoms in total. The van der Waals surface area contributed by atoms with Crippen molar-refractivity contribution in [2.45, 2.75) is 13.5 Å². The highest BCUT2D eigenvalue weighted by molar-refractivity contribution is 5.48. The number of aromatic nitrogens is 1. The van der Waals surface area contributed by atoms with Crippen LogP contribution in [0.5, 0.6) is 5.75 Å². The van der Waals surface area contributed by atoms with Crippen LogP contribution in [0.4, 0.5) is 5.69 Å². The Kier molecular flexibility index (Phi) is 3.97. The zero-order valence-corrected chi connectivity index (χ0v) is 9.89. The van der Waals surface area contributed by atoms with Crippen LogP contribution in [-0.4, -0.2) is 11.6 Å². The number of nitrogens with zero attached hydrogens (tertiary/aromatic N) is 1. The fraction of sp³-hybridized carbons (Fsp3) is 0.214. The van der Waals surface area contributed by atoms with Crippen LogP contribution in [-0.2, 0) is 6.54 Å². The Morgan fingerprint density at radius 3 is 2.76 bits per heavy atom. The summed E-state index contributed by atoms with van der Waals surface area (Å²) >= 11 is 0. The predicted octanol–water partition coefficient (Wildman–Crippen LogP) is 3.09. The van der Waals surface area contributed by atoms with Crippen LogP contribution in [0.15, 0.2) is 48.8 Å². The van der Waals surface area contributed by atoms with Crippen molar-refractivity contribution in [2.75, 3.05) is 11.9 Å². The molecule has 2 aromatic rings. The smallest absolute Gasteiger partial charge is 0.121 e. The molecule has 0 bridgehead atoms. The van der Waals surface area contributed by atoms with Gasteiger partial charge in [-0.15, -0.1) is 0 Å². The zero-order valence-electron chi connectivity index (χ0n) is 9.89. The molecule has 0 saturated heterocycles. The van der Waals surface area contributed by atoms with Crippen LogP contribution < -0.4 is 10.1 Å². The van der Waals surface area contributed by atoms with Crippen molar-refractivity contribution in [3.63, 3.8) is 0 Å². The molecule has 0 amide bonds. The minimum atomic E-state index is 0.688. The first-order chi connectivity index (χ1) is 8.38. The number of benzene rings is 1. The maximum atomic E-state index is 5.45. The van der Waals surface area contributed by atoms with Gasteiger partial charge in [-0.25, -0.2) is 0 Å². The lowest BCUT2D eigenvalue weighted by molar-refractivity contribution is 0.340.